The van der Waals surface area contributed by atoms with Gasteiger partial charge in [0.2, 0.25) is 0 Å². The van der Waals surface area contributed by atoms with Crippen LogP contribution < -0.4 is 9.47 Å². The summed E-state index contributed by atoms with van der Waals surface area (Å²) in [5, 5.41) is 18.5. The number of aliphatic hydroxyl groups excluding tert-OH is 1. The molecule has 6 nitrogen and oxygen atoms in total. The molecule has 18 heavy (non-hydrogen) atoms. The number of aliphatic hydroxyl groups is 1. The molecule has 0 aromatic heterocycles. The standard InChI is InChI=1S/C12H16O6/c1-16-6-8(13)7-18-11-4-3-9(17-2)5-10(11)12(14)15/h3-5,8,13H,6-7H2,1-2H3,(H,14,15). The van der Waals surface area contributed by atoms with E-state index in [0.29, 0.717) is 5.75 Å². The second kappa shape index (κ2) is 6.83. The topological polar surface area (TPSA) is 85.2 Å². The van der Waals surface area contributed by atoms with Crippen LogP contribution in [-0.2, 0) is 4.74 Å². The molecule has 100 valence electrons. The molecule has 0 bridgehead atoms. The predicted molar refractivity (Wildman–Crippen MR) is 63.3 cm³/mol. The van der Waals surface area contributed by atoms with Crippen molar-refractivity contribution < 1.29 is 29.2 Å². The first-order chi connectivity index (χ1) is 8.58. The average molecular weight is 256 g/mol. The molecule has 0 radical (unpaired) electrons. The van der Waals surface area contributed by atoms with Crippen molar-refractivity contribution in [3.05, 3.63) is 23.8 Å². The average Bonchev–Trinajstić information content (AvgIpc) is 2.36. The molecule has 6 heteroatoms. The summed E-state index contributed by atoms with van der Waals surface area (Å²) in [4.78, 5) is 11.0. The Balaban J connectivity index is 2.78. The van der Waals surface area contributed by atoms with Gasteiger partial charge in [-0.15, -0.1) is 0 Å². The molecule has 0 heterocycles. The van der Waals surface area contributed by atoms with Gasteiger partial charge in [-0.1, -0.05) is 0 Å². The van der Waals surface area contributed by atoms with E-state index in [9.17, 15) is 9.90 Å². The summed E-state index contributed by atoms with van der Waals surface area (Å²) >= 11 is 0. The van der Waals surface area contributed by atoms with Crippen LogP contribution in [-0.4, -0.2) is 49.7 Å². The molecule has 0 spiro atoms. The Morgan fingerprint density at radius 3 is 2.61 bits per heavy atom. The summed E-state index contributed by atoms with van der Waals surface area (Å²) in [7, 11) is 2.91. The van der Waals surface area contributed by atoms with E-state index in [1.54, 1.807) is 6.07 Å². The third-order valence-electron chi connectivity index (χ3n) is 2.21. The molecular formula is C12H16O6. The molecule has 2 N–H and O–H groups in total. The van der Waals surface area contributed by atoms with Gasteiger partial charge in [-0.3, -0.25) is 0 Å². The number of ether oxygens (including phenoxy) is 3. The Hall–Kier alpha value is -1.79. The number of aromatic carboxylic acids is 1. The number of hydrogen-bond acceptors (Lipinski definition) is 5. The zero-order chi connectivity index (χ0) is 13.5. The van der Waals surface area contributed by atoms with Crippen molar-refractivity contribution in [1.29, 1.82) is 0 Å². The van der Waals surface area contributed by atoms with Gasteiger partial charge in [0.15, 0.2) is 0 Å². The summed E-state index contributed by atoms with van der Waals surface area (Å²) in [6.07, 6.45) is -0.807. The van der Waals surface area contributed by atoms with E-state index < -0.39 is 12.1 Å². The predicted octanol–water partition coefficient (Wildman–Crippen LogP) is 0.780. The van der Waals surface area contributed by atoms with Gasteiger partial charge in [0, 0.05) is 7.11 Å². The van der Waals surface area contributed by atoms with E-state index >= 15 is 0 Å². The van der Waals surface area contributed by atoms with Crippen molar-refractivity contribution in [3.8, 4) is 11.5 Å². The molecule has 0 amide bonds. The van der Waals surface area contributed by atoms with Gasteiger partial charge in [0.1, 0.15) is 29.8 Å². The maximum atomic E-state index is 11.0. The lowest BCUT2D eigenvalue weighted by Gasteiger charge is -2.13. The van der Waals surface area contributed by atoms with Crippen LogP contribution in [0.3, 0.4) is 0 Å². The van der Waals surface area contributed by atoms with Crippen LogP contribution in [0.5, 0.6) is 11.5 Å². The molecular weight excluding hydrogens is 240 g/mol. The minimum atomic E-state index is -1.12. The lowest BCUT2D eigenvalue weighted by Crippen LogP contribution is -2.23. The van der Waals surface area contributed by atoms with Crippen molar-refractivity contribution in [3.63, 3.8) is 0 Å². The Morgan fingerprint density at radius 1 is 1.33 bits per heavy atom. The van der Waals surface area contributed by atoms with Gasteiger partial charge in [-0.05, 0) is 18.2 Å². The molecule has 1 atom stereocenters. The Morgan fingerprint density at radius 2 is 2.06 bits per heavy atom. The monoisotopic (exact) mass is 256 g/mol. The van der Waals surface area contributed by atoms with Gasteiger partial charge < -0.3 is 24.4 Å². The lowest BCUT2D eigenvalue weighted by atomic mass is 10.2. The first-order valence-corrected chi connectivity index (χ1v) is 5.29. The fraction of sp³-hybridized carbons (Fsp3) is 0.417. The summed E-state index contributed by atoms with van der Waals surface area (Å²) in [5.74, 6) is -0.513. The maximum Gasteiger partial charge on any atom is 0.339 e. The second-order valence-electron chi connectivity index (χ2n) is 3.59. The third kappa shape index (κ3) is 3.90. The molecule has 1 aromatic carbocycles. The number of benzene rings is 1. The fourth-order valence-electron chi connectivity index (χ4n) is 1.36. The van der Waals surface area contributed by atoms with Crippen molar-refractivity contribution in [2.45, 2.75) is 6.10 Å². The minimum Gasteiger partial charge on any atom is -0.497 e. The summed E-state index contributed by atoms with van der Waals surface area (Å²) in [6.45, 7) is 0.0823. The Labute approximate surface area is 105 Å². The van der Waals surface area contributed by atoms with E-state index in [1.165, 1.54) is 26.4 Å². The van der Waals surface area contributed by atoms with E-state index in [4.69, 9.17) is 19.3 Å². The SMILES string of the molecule is COCC(O)COc1ccc(OC)cc1C(=O)O. The number of carboxylic acids is 1. The zero-order valence-corrected chi connectivity index (χ0v) is 10.3. The molecule has 1 unspecified atom stereocenters. The lowest BCUT2D eigenvalue weighted by molar-refractivity contribution is 0.0319. The molecule has 0 fully saturated rings. The second-order valence-corrected chi connectivity index (χ2v) is 3.59. The van der Waals surface area contributed by atoms with E-state index in [2.05, 4.69) is 0 Å². The first kappa shape index (κ1) is 14.3. The smallest absolute Gasteiger partial charge is 0.339 e. The molecule has 1 rings (SSSR count). The van der Waals surface area contributed by atoms with Gasteiger partial charge in [0.05, 0.1) is 13.7 Å². The van der Waals surface area contributed by atoms with Gasteiger partial charge in [-0.25, -0.2) is 4.79 Å². The van der Waals surface area contributed by atoms with E-state index in [0.717, 1.165) is 0 Å². The van der Waals surface area contributed by atoms with Crippen LogP contribution in [0, 0.1) is 0 Å². The highest BCUT2D eigenvalue weighted by Gasteiger charge is 2.14. The van der Waals surface area contributed by atoms with Crippen molar-refractivity contribution >= 4 is 5.97 Å². The third-order valence-corrected chi connectivity index (χ3v) is 2.21. The Kier molecular flexibility index (Phi) is 5.41. The van der Waals surface area contributed by atoms with Gasteiger partial charge in [-0.2, -0.15) is 0 Å². The maximum absolute atomic E-state index is 11.0. The van der Waals surface area contributed by atoms with Crippen LogP contribution in [0.1, 0.15) is 10.4 Å². The van der Waals surface area contributed by atoms with Crippen molar-refractivity contribution in [2.24, 2.45) is 0 Å². The Bertz CT molecular complexity index is 404. The molecule has 0 saturated heterocycles. The molecule has 0 aliphatic carbocycles. The molecule has 0 saturated carbocycles. The summed E-state index contributed by atoms with van der Waals surface area (Å²) in [6, 6.07) is 4.44. The molecule has 0 aliphatic rings. The van der Waals surface area contributed by atoms with Gasteiger partial charge >= 0.3 is 5.97 Å². The van der Waals surface area contributed by atoms with Crippen LogP contribution in [0.4, 0.5) is 0 Å². The summed E-state index contributed by atoms with van der Waals surface area (Å²) < 4.78 is 14.9. The minimum absolute atomic E-state index is 0.0148. The van der Waals surface area contributed by atoms with E-state index in [1.807, 2.05) is 0 Å². The number of carbonyl (C=O) groups is 1. The van der Waals surface area contributed by atoms with Crippen LogP contribution in [0.15, 0.2) is 18.2 Å². The number of rotatable bonds is 7. The number of hydrogen-bond donors (Lipinski definition) is 2. The fourth-order valence-corrected chi connectivity index (χ4v) is 1.36. The van der Waals surface area contributed by atoms with E-state index in [-0.39, 0.29) is 24.5 Å². The highest BCUT2D eigenvalue weighted by atomic mass is 16.5. The normalized spacial score (nSPS) is 11.9. The largest absolute Gasteiger partial charge is 0.497 e. The number of carboxylic acid groups (broad SMARTS) is 1. The van der Waals surface area contributed by atoms with Gasteiger partial charge in [0.25, 0.3) is 0 Å². The van der Waals surface area contributed by atoms with Crippen molar-refractivity contribution in [1.82, 2.24) is 0 Å². The van der Waals surface area contributed by atoms with Crippen LogP contribution in [0.2, 0.25) is 0 Å². The summed E-state index contributed by atoms with van der Waals surface area (Å²) in [5.41, 5.74) is -0.0148. The molecule has 1 aromatic rings. The zero-order valence-electron chi connectivity index (χ0n) is 10.3. The number of methoxy groups -OCH3 is 2. The van der Waals surface area contributed by atoms with Crippen LogP contribution >= 0.6 is 0 Å². The highest BCUT2D eigenvalue weighted by molar-refractivity contribution is 5.91. The molecule has 0 aliphatic heterocycles. The quantitative estimate of drug-likeness (QED) is 0.749. The first-order valence-electron chi connectivity index (χ1n) is 5.29. The van der Waals surface area contributed by atoms with Crippen LogP contribution in [0.25, 0.3) is 0 Å². The van der Waals surface area contributed by atoms with Crippen molar-refractivity contribution in [2.75, 3.05) is 27.4 Å². The highest BCUT2D eigenvalue weighted by Crippen LogP contribution is 2.24.